The van der Waals surface area contributed by atoms with Crippen LogP contribution in [0.2, 0.25) is 0 Å². The molecule has 0 unspecified atom stereocenters. The van der Waals surface area contributed by atoms with Crippen molar-refractivity contribution in [3.05, 3.63) is 52.8 Å². The summed E-state index contributed by atoms with van der Waals surface area (Å²) in [5, 5.41) is 7.31. The van der Waals surface area contributed by atoms with Gasteiger partial charge in [-0.1, -0.05) is 51.5 Å². The van der Waals surface area contributed by atoms with E-state index in [1.165, 1.54) is 5.56 Å². The summed E-state index contributed by atoms with van der Waals surface area (Å²) in [5.74, 6) is 0.250. The molecule has 1 atom stereocenters. The van der Waals surface area contributed by atoms with Crippen LogP contribution in [0.4, 0.5) is 0 Å². The summed E-state index contributed by atoms with van der Waals surface area (Å²) < 4.78 is 1.72. The van der Waals surface area contributed by atoms with E-state index in [0.717, 1.165) is 24.1 Å². The van der Waals surface area contributed by atoms with Crippen LogP contribution in [0.25, 0.3) is 0 Å². The van der Waals surface area contributed by atoms with E-state index in [-0.39, 0.29) is 11.9 Å². The molecular formula is C19H27N3O. The molecule has 1 heterocycles. The van der Waals surface area contributed by atoms with Crippen LogP contribution in [0.5, 0.6) is 0 Å². The Labute approximate surface area is 138 Å². The Balaban J connectivity index is 2.18. The summed E-state index contributed by atoms with van der Waals surface area (Å²) in [6, 6.07) is 8.58. The summed E-state index contributed by atoms with van der Waals surface area (Å²) in [6.45, 7) is 8.34. The van der Waals surface area contributed by atoms with Crippen molar-refractivity contribution >= 4 is 5.91 Å². The third kappa shape index (κ3) is 4.01. The number of aromatic nitrogens is 2. The van der Waals surface area contributed by atoms with E-state index in [0.29, 0.717) is 11.5 Å². The zero-order valence-corrected chi connectivity index (χ0v) is 14.8. The van der Waals surface area contributed by atoms with Gasteiger partial charge in [-0.05, 0) is 30.4 Å². The van der Waals surface area contributed by atoms with Crippen molar-refractivity contribution in [3.63, 3.8) is 0 Å². The van der Waals surface area contributed by atoms with Gasteiger partial charge in [-0.2, -0.15) is 5.10 Å². The van der Waals surface area contributed by atoms with E-state index in [4.69, 9.17) is 0 Å². The molecule has 1 aromatic carbocycles. The molecule has 0 fully saturated rings. The van der Waals surface area contributed by atoms with Gasteiger partial charge in [0.15, 0.2) is 0 Å². The standard InChI is InChI=1S/C19H27N3O/c1-6-7-15-8-10-16(11-9-15)18(13(2)3)21-19(23)17-12-20-22(5)14(17)4/h8-13,18H,6-7H2,1-5H3,(H,21,23)/t18-/m1/s1. The second-order valence-electron chi connectivity index (χ2n) is 6.45. The van der Waals surface area contributed by atoms with Crippen molar-refractivity contribution in [3.8, 4) is 0 Å². The summed E-state index contributed by atoms with van der Waals surface area (Å²) in [5.41, 5.74) is 4.01. The number of carbonyl (C=O) groups excluding carboxylic acids is 1. The Morgan fingerprint density at radius 2 is 1.91 bits per heavy atom. The first-order valence-electron chi connectivity index (χ1n) is 8.32. The summed E-state index contributed by atoms with van der Waals surface area (Å²) in [4.78, 5) is 12.6. The third-order valence-electron chi connectivity index (χ3n) is 4.31. The highest BCUT2D eigenvalue weighted by molar-refractivity contribution is 5.95. The van der Waals surface area contributed by atoms with Crippen LogP contribution in [-0.2, 0) is 13.5 Å². The molecule has 0 saturated carbocycles. The zero-order valence-electron chi connectivity index (χ0n) is 14.8. The fraction of sp³-hybridized carbons (Fsp3) is 0.474. The lowest BCUT2D eigenvalue weighted by Crippen LogP contribution is -2.32. The van der Waals surface area contributed by atoms with Gasteiger partial charge in [0.2, 0.25) is 0 Å². The van der Waals surface area contributed by atoms with E-state index in [9.17, 15) is 4.79 Å². The fourth-order valence-electron chi connectivity index (χ4n) is 2.76. The first-order valence-corrected chi connectivity index (χ1v) is 8.32. The minimum Gasteiger partial charge on any atom is -0.345 e. The Morgan fingerprint density at radius 1 is 1.26 bits per heavy atom. The molecule has 0 radical (unpaired) electrons. The summed E-state index contributed by atoms with van der Waals surface area (Å²) in [7, 11) is 1.85. The molecule has 0 bridgehead atoms. The average molecular weight is 313 g/mol. The van der Waals surface area contributed by atoms with Gasteiger partial charge in [-0.15, -0.1) is 0 Å². The van der Waals surface area contributed by atoms with Crippen LogP contribution < -0.4 is 5.32 Å². The Bertz CT molecular complexity index is 656. The van der Waals surface area contributed by atoms with Gasteiger partial charge in [0.25, 0.3) is 5.91 Å². The lowest BCUT2D eigenvalue weighted by atomic mass is 9.94. The monoisotopic (exact) mass is 313 g/mol. The number of hydrogen-bond acceptors (Lipinski definition) is 2. The Hall–Kier alpha value is -2.10. The van der Waals surface area contributed by atoms with E-state index >= 15 is 0 Å². The van der Waals surface area contributed by atoms with Gasteiger partial charge in [0.1, 0.15) is 0 Å². The van der Waals surface area contributed by atoms with Crippen LogP contribution in [0.15, 0.2) is 30.5 Å². The first-order chi connectivity index (χ1) is 10.9. The molecule has 124 valence electrons. The number of hydrogen-bond donors (Lipinski definition) is 1. The smallest absolute Gasteiger partial charge is 0.255 e. The highest BCUT2D eigenvalue weighted by Gasteiger charge is 2.21. The van der Waals surface area contributed by atoms with E-state index in [2.05, 4.69) is 55.5 Å². The largest absolute Gasteiger partial charge is 0.345 e. The topological polar surface area (TPSA) is 46.9 Å². The minimum absolute atomic E-state index is 0.00205. The van der Waals surface area contributed by atoms with Crippen molar-refractivity contribution in [1.29, 1.82) is 0 Å². The number of nitrogens with one attached hydrogen (secondary N) is 1. The maximum Gasteiger partial charge on any atom is 0.255 e. The second-order valence-corrected chi connectivity index (χ2v) is 6.45. The van der Waals surface area contributed by atoms with E-state index < -0.39 is 0 Å². The van der Waals surface area contributed by atoms with E-state index in [1.807, 2.05) is 14.0 Å². The highest BCUT2D eigenvalue weighted by atomic mass is 16.1. The average Bonchev–Trinajstić information content (AvgIpc) is 2.85. The molecule has 2 aromatic rings. The molecule has 0 spiro atoms. The van der Waals surface area contributed by atoms with Crippen LogP contribution in [0.3, 0.4) is 0 Å². The molecule has 2 rings (SSSR count). The molecule has 0 aliphatic heterocycles. The van der Waals surface area contributed by atoms with Gasteiger partial charge in [-0.3, -0.25) is 9.48 Å². The number of amides is 1. The lowest BCUT2D eigenvalue weighted by Gasteiger charge is -2.23. The molecule has 1 aromatic heterocycles. The maximum absolute atomic E-state index is 12.6. The van der Waals surface area contributed by atoms with Crippen molar-refractivity contribution in [2.75, 3.05) is 0 Å². The molecule has 0 aliphatic rings. The van der Waals surface area contributed by atoms with Crippen molar-refractivity contribution in [2.24, 2.45) is 13.0 Å². The fourth-order valence-corrected chi connectivity index (χ4v) is 2.76. The predicted octanol–water partition coefficient (Wildman–Crippen LogP) is 3.81. The van der Waals surface area contributed by atoms with E-state index in [1.54, 1.807) is 10.9 Å². The maximum atomic E-state index is 12.6. The Kier molecular flexibility index (Phi) is 5.59. The molecule has 4 heteroatoms. The normalized spacial score (nSPS) is 12.4. The number of benzene rings is 1. The van der Waals surface area contributed by atoms with Gasteiger partial charge in [-0.25, -0.2) is 0 Å². The van der Waals surface area contributed by atoms with Gasteiger partial charge in [0, 0.05) is 12.7 Å². The molecule has 0 saturated heterocycles. The number of carbonyl (C=O) groups is 1. The third-order valence-corrected chi connectivity index (χ3v) is 4.31. The minimum atomic E-state index is -0.0630. The SMILES string of the molecule is CCCc1ccc([C@H](NC(=O)c2cnn(C)c2C)C(C)C)cc1. The second kappa shape index (κ2) is 7.44. The lowest BCUT2D eigenvalue weighted by molar-refractivity contribution is 0.0925. The van der Waals surface area contributed by atoms with Crippen molar-refractivity contribution in [2.45, 2.75) is 46.6 Å². The molecule has 23 heavy (non-hydrogen) atoms. The van der Waals surface area contributed by atoms with Crippen LogP contribution in [0, 0.1) is 12.8 Å². The van der Waals surface area contributed by atoms with Gasteiger partial charge in [0.05, 0.1) is 17.8 Å². The first kappa shape index (κ1) is 17.3. The quantitative estimate of drug-likeness (QED) is 0.881. The molecular weight excluding hydrogens is 286 g/mol. The van der Waals surface area contributed by atoms with Crippen LogP contribution >= 0.6 is 0 Å². The molecule has 4 nitrogen and oxygen atoms in total. The van der Waals surface area contributed by atoms with Gasteiger partial charge < -0.3 is 5.32 Å². The predicted molar refractivity (Wildman–Crippen MR) is 93.4 cm³/mol. The van der Waals surface area contributed by atoms with Crippen LogP contribution in [-0.4, -0.2) is 15.7 Å². The highest BCUT2D eigenvalue weighted by Crippen LogP contribution is 2.23. The number of aryl methyl sites for hydroxylation is 2. The molecule has 0 aliphatic carbocycles. The number of rotatable bonds is 6. The number of nitrogens with zero attached hydrogens (tertiary/aromatic N) is 2. The zero-order chi connectivity index (χ0) is 17.0. The summed E-state index contributed by atoms with van der Waals surface area (Å²) in [6.07, 6.45) is 3.87. The van der Waals surface area contributed by atoms with Gasteiger partial charge >= 0.3 is 0 Å². The Morgan fingerprint density at radius 3 is 2.39 bits per heavy atom. The molecule has 1 amide bonds. The summed E-state index contributed by atoms with van der Waals surface area (Å²) >= 11 is 0. The van der Waals surface area contributed by atoms with Crippen molar-refractivity contribution in [1.82, 2.24) is 15.1 Å². The van der Waals surface area contributed by atoms with Crippen LogP contribution in [0.1, 0.15) is 60.4 Å². The van der Waals surface area contributed by atoms with Crippen molar-refractivity contribution < 1.29 is 4.79 Å². The molecule has 1 N–H and O–H groups in total.